The fourth-order valence-electron chi connectivity index (χ4n) is 5.17. The van der Waals surface area contributed by atoms with Crippen LogP contribution in [0.5, 0.6) is 0 Å². The molecule has 0 aromatic heterocycles. The van der Waals surface area contributed by atoms with E-state index in [2.05, 4.69) is 39.9 Å². The van der Waals surface area contributed by atoms with Crippen LogP contribution >= 0.6 is 11.6 Å². The topological polar surface area (TPSA) is 53.8 Å². The average Bonchev–Trinajstić information content (AvgIpc) is 3.24. The van der Waals surface area contributed by atoms with Crippen molar-refractivity contribution in [2.75, 3.05) is 69.2 Å². The highest BCUT2D eigenvalue weighted by Crippen LogP contribution is 2.42. The molecule has 1 spiro atoms. The minimum atomic E-state index is 0.131. The molecule has 1 amide bonds. The molecule has 166 valence electrons. The molecule has 2 aromatic rings. The number of benzene rings is 2. The van der Waals surface area contributed by atoms with Crippen molar-refractivity contribution in [1.29, 1.82) is 5.26 Å². The first-order valence-electron chi connectivity index (χ1n) is 11.2. The first kappa shape index (κ1) is 21.1. The van der Waals surface area contributed by atoms with Gasteiger partial charge in [-0.3, -0.25) is 4.79 Å². The molecule has 0 atom stereocenters. The van der Waals surface area contributed by atoms with Crippen LogP contribution in [0.4, 0.5) is 11.4 Å². The van der Waals surface area contributed by atoms with E-state index in [0.29, 0.717) is 10.6 Å². The summed E-state index contributed by atoms with van der Waals surface area (Å²) >= 11 is 6.20. The summed E-state index contributed by atoms with van der Waals surface area (Å²) in [4.78, 5) is 22.1. The fourth-order valence-corrected chi connectivity index (χ4v) is 5.38. The maximum Gasteiger partial charge on any atom is 0.253 e. The van der Waals surface area contributed by atoms with Gasteiger partial charge >= 0.3 is 0 Å². The summed E-state index contributed by atoms with van der Waals surface area (Å²) in [6, 6.07) is 15.8. The van der Waals surface area contributed by atoms with Gasteiger partial charge in [-0.15, -0.1) is 0 Å². The van der Waals surface area contributed by atoms with E-state index in [-0.39, 0.29) is 11.3 Å². The molecule has 2 aromatic carbocycles. The number of hydrogen-bond donors (Lipinski definition) is 0. The van der Waals surface area contributed by atoms with Crippen LogP contribution in [0.15, 0.2) is 42.5 Å². The maximum atomic E-state index is 13.1. The maximum absolute atomic E-state index is 13.1. The Labute approximate surface area is 194 Å². The molecule has 3 heterocycles. The molecule has 7 heteroatoms. The van der Waals surface area contributed by atoms with E-state index in [1.165, 1.54) is 5.69 Å². The second-order valence-corrected chi connectivity index (χ2v) is 9.85. The summed E-state index contributed by atoms with van der Waals surface area (Å²) < 4.78 is 0. The molecule has 32 heavy (non-hydrogen) atoms. The van der Waals surface area contributed by atoms with Gasteiger partial charge in [0.1, 0.15) is 6.07 Å². The summed E-state index contributed by atoms with van der Waals surface area (Å²) in [5.41, 5.74) is 3.68. The largest absolute Gasteiger partial charge is 0.370 e. The smallest absolute Gasteiger partial charge is 0.253 e. The second-order valence-electron chi connectivity index (χ2n) is 9.45. The van der Waals surface area contributed by atoms with Crippen LogP contribution in [-0.2, 0) is 0 Å². The van der Waals surface area contributed by atoms with Gasteiger partial charge in [-0.25, -0.2) is 0 Å². The fraction of sp³-hybridized carbons (Fsp3) is 0.440. The zero-order valence-corrected chi connectivity index (χ0v) is 19.2. The highest BCUT2D eigenvalue weighted by molar-refractivity contribution is 6.32. The molecule has 0 radical (unpaired) electrons. The van der Waals surface area contributed by atoms with E-state index in [1.807, 2.05) is 29.2 Å². The number of piperazine rings is 1. The van der Waals surface area contributed by atoms with E-state index >= 15 is 0 Å². The number of carbonyl (C=O) groups is 1. The Morgan fingerprint density at radius 3 is 2.28 bits per heavy atom. The molecular weight excluding hydrogens is 422 g/mol. The zero-order valence-electron chi connectivity index (χ0n) is 18.4. The van der Waals surface area contributed by atoms with Crippen LogP contribution in [0.1, 0.15) is 22.3 Å². The zero-order chi connectivity index (χ0) is 22.3. The highest BCUT2D eigenvalue weighted by Gasteiger charge is 2.48. The molecule has 0 aliphatic carbocycles. The summed E-state index contributed by atoms with van der Waals surface area (Å²) in [5, 5.41) is 9.56. The van der Waals surface area contributed by atoms with Gasteiger partial charge in [0.05, 0.1) is 10.6 Å². The first-order chi connectivity index (χ1) is 15.5. The molecule has 3 fully saturated rings. The molecule has 3 aliphatic rings. The number of halogens is 1. The van der Waals surface area contributed by atoms with Crippen molar-refractivity contribution >= 4 is 28.9 Å². The lowest BCUT2D eigenvalue weighted by Crippen LogP contribution is -2.58. The van der Waals surface area contributed by atoms with Crippen LogP contribution in [0, 0.1) is 16.7 Å². The molecule has 0 unspecified atom stereocenters. The molecule has 6 nitrogen and oxygen atoms in total. The van der Waals surface area contributed by atoms with E-state index in [0.717, 1.165) is 70.0 Å². The molecule has 0 bridgehead atoms. The third kappa shape index (κ3) is 3.92. The Morgan fingerprint density at radius 2 is 1.62 bits per heavy atom. The van der Waals surface area contributed by atoms with Crippen molar-refractivity contribution in [3.63, 3.8) is 0 Å². The minimum Gasteiger partial charge on any atom is -0.370 e. The van der Waals surface area contributed by atoms with Crippen molar-refractivity contribution in [3.05, 3.63) is 58.6 Å². The van der Waals surface area contributed by atoms with E-state index in [9.17, 15) is 4.79 Å². The lowest BCUT2D eigenvalue weighted by atomic mass is 9.78. The number of anilines is 2. The number of likely N-dealkylation sites (N-methyl/N-ethyl adjacent to an activating group) is 1. The van der Waals surface area contributed by atoms with E-state index in [4.69, 9.17) is 16.9 Å². The van der Waals surface area contributed by atoms with E-state index in [1.54, 1.807) is 6.07 Å². The summed E-state index contributed by atoms with van der Waals surface area (Å²) in [7, 11) is 2.16. The lowest BCUT2D eigenvalue weighted by Gasteiger charge is -2.49. The SMILES string of the molecule is CN1CCN(c2ccc(C(=O)N3CCC4(C3)CN(c3ccc(C#N)c(Cl)c3)C4)cc2)CC1. The predicted octanol–water partition coefficient (Wildman–Crippen LogP) is 3.32. The number of likely N-dealkylation sites (tertiary alicyclic amines) is 1. The van der Waals surface area contributed by atoms with Crippen LogP contribution in [0.2, 0.25) is 5.02 Å². The van der Waals surface area contributed by atoms with Crippen molar-refractivity contribution < 1.29 is 4.79 Å². The van der Waals surface area contributed by atoms with Crippen LogP contribution in [0.3, 0.4) is 0 Å². The van der Waals surface area contributed by atoms with Crippen LogP contribution in [0.25, 0.3) is 0 Å². The van der Waals surface area contributed by atoms with Gasteiger partial charge in [-0.1, -0.05) is 11.6 Å². The standard InChI is InChI=1S/C25H28ClN5O/c1-28-10-12-29(13-11-28)21-5-2-19(3-6-21)24(32)30-9-8-25(16-30)17-31(18-25)22-7-4-20(15-27)23(26)14-22/h2-7,14H,8-13,16-18H2,1H3. The third-order valence-electron chi connectivity index (χ3n) is 7.20. The lowest BCUT2D eigenvalue weighted by molar-refractivity contribution is 0.0763. The molecule has 0 saturated carbocycles. The number of nitriles is 1. The molecule has 0 N–H and O–H groups in total. The van der Waals surface area contributed by atoms with Gasteiger partial charge in [0.25, 0.3) is 5.91 Å². The van der Waals surface area contributed by atoms with Crippen molar-refractivity contribution in [3.8, 4) is 6.07 Å². The predicted molar refractivity (Wildman–Crippen MR) is 127 cm³/mol. The van der Waals surface area contributed by atoms with E-state index < -0.39 is 0 Å². The summed E-state index contributed by atoms with van der Waals surface area (Å²) in [6.07, 6.45) is 1.03. The second kappa shape index (κ2) is 8.31. The van der Waals surface area contributed by atoms with Crippen LogP contribution in [-0.4, -0.2) is 75.1 Å². The van der Waals surface area contributed by atoms with Crippen molar-refractivity contribution in [1.82, 2.24) is 9.80 Å². The number of hydrogen-bond acceptors (Lipinski definition) is 5. The highest BCUT2D eigenvalue weighted by atomic mass is 35.5. The summed E-state index contributed by atoms with van der Waals surface area (Å²) in [6.45, 7) is 7.64. The van der Waals surface area contributed by atoms with Gasteiger partial charge in [0, 0.05) is 74.7 Å². The average molecular weight is 450 g/mol. The Bertz CT molecular complexity index is 1050. The molecule has 5 rings (SSSR count). The molecule has 3 aliphatic heterocycles. The number of amides is 1. The van der Waals surface area contributed by atoms with Gasteiger partial charge in [-0.05, 0) is 55.9 Å². The molecular formula is C25H28ClN5O. The van der Waals surface area contributed by atoms with Gasteiger partial charge in [-0.2, -0.15) is 5.26 Å². The summed E-state index contributed by atoms with van der Waals surface area (Å²) in [5.74, 6) is 0.131. The molecule has 3 saturated heterocycles. The van der Waals surface area contributed by atoms with Crippen molar-refractivity contribution in [2.45, 2.75) is 6.42 Å². The van der Waals surface area contributed by atoms with Gasteiger partial charge in [0.15, 0.2) is 0 Å². The number of carbonyl (C=O) groups excluding carboxylic acids is 1. The first-order valence-corrected chi connectivity index (χ1v) is 11.6. The Kier molecular flexibility index (Phi) is 5.48. The minimum absolute atomic E-state index is 0.131. The number of rotatable bonds is 3. The van der Waals surface area contributed by atoms with Crippen LogP contribution < -0.4 is 9.80 Å². The van der Waals surface area contributed by atoms with Crippen molar-refractivity contribution in [2.24, 2.45) is 5.41 Å². The Hall–Kier alpha value is -2.75. The number of nitrogens with zero attached hydrogens (tertiary/aromatic N) is 5. The Morgan fingerprint density at radius 1 is 0.938 bits per heavy atom. The van der Waals surface area contributed by atoms with Gasteiger partial charge < -0.3 is 19.6 Å². The van der Waals surface area contributed by atoms with Gasteiger partial charge in [0.2, 0.25) is 0 Å². The normalized spacial score (nSPS) is 20.3. The third-order valence-corrected chi connectivity index (χ3v) is 7.51. The Balaban J connectivity index is 1.18. The monoisotopic (exact) mass is 449 g/mol. The quantitative estimate of drug-likeness (QED) is 0.719.